The van der Waals surface area contributed by atoms with Crippen LogP contribution in [0, 0.1) is 0 Å². The molecule has 3 aromatic carbocycles. The number of rotatable bonds is 10. The monoisotopic (exact) mass is 682 g/mol. The van der Waals surface area contributed by atoms with Gasteiger partial charge >= 0.3 is 6.09 Å². The fraction of sp³-hybridized carbons (Fsp3) is 0.500. The van der Waals surface area contributed by atoms with Crippen LogP contribution in [0.5, 0.6) is 17.2 Å². The molecule has 0 aromatic heterocycles. The van der Waals surface area contributed by atoms with E-state index < -0.39 is 11.7 Å². The van der Waals surface area contributed by atoms with Gasteiger partial charge < -0.3 is 19.1 Å². The number of hydrogen-bond acceptors (Lipinski definition) is 6. The number of para-hydroxylation sites is 4. The van der Waals surface area contributed by atoms with Gasteiger partial charge in [-0.3, -0.25) is 9.69 Å². The minimum atomic E-state index is -0.642. The molecule has 1 saturated heterocycles. The fourth-order valence-corrected chi connectivity index (χ4v) is 5.15. The van der Waals surface area contributed by atoms with Crippen molar-refractivity contribution < 1.29 is 23.8 Å². The lowest BCUT2D eigenvalue weighted by Gasteiger charge is -2.41. The number of benzene rings is 3. The average Bonchev–Trinajstić information content (AvgIpc) is 3.12. The van der Waals surface area contributed by atoms with Crippen LogP contribution >= 0.6 is 11.8 Å². The van der Waals surface area contributed by atoms with E-state index in [0.717, 1.165) is 23.5 Å². The van der Waals surface area contributed by atoms with Crippen molar-refractivity contribution >= 4 is 29.4 Å². The normalized spacial score (nSPS) is 13.5. The zero-order valence-electron chi connectivity index (χ0n) is 31.7. The maximum Gasteiger partial charge on any atom is 0.411 e. The summed E-state index contributed by atoms with van der Waals surface area (Å²) in [6, 6.07) is 24.8. The molecule has 1 atom stereocenters. The predicted molar refractivity (Wildman–Crippen MR) is 206 cm³/mol. The molecule has 0 N–H and O–H groups in total. The third-order valence-corrected chi connectivity index (χ3v) is 7.26. The van der Waals surface area contributed by atoms with Crippen LogP contribution in [0.4, 0.5) is 10.5 Å². The van der Waals surface area contributed by atoms with Gasteiger partial charge in [0.1, 0.15) is 18.8 Å². The molecular weight excluding hydrogens is 621 g/mol. The Bertz CT molecular complexity index is 1280. The van der Waals surface area contributed by atoms with E-state index in [1.807, 2.05) is 167 Å². The molecular formula is C40H62N2O5S. The Morgan fingerprint density at radius 3 is 1.92 bits per heavy atom. The van der Waals surface area contributed by atoms with Gasteiger partial charge in [-0.05, 0) is 68.5 Å². The van der Waals surface area contributed by atoms with E-state index in [1.165, 1.54) is 0 Å². The van der Waals surface area contributed by atoms with E-state index >= 15 is 0 Å². The van der Waals surface area contributed by atoms with E-state index in [2.05, 4.69) is 6.92 Å². The van der Waals surface area contributed by atoms with Crippen LogP contribution in [0.25, 0.3) is 0 Å². The number of hydrogen-bond donors (Lipinski definition) is 0. The van der Waals surface area contributed by atoms with Crippen molar-refractivity contribution in [1.29, 1.82) is 0 Å². The summed E-state index contributed by atoms with van der Waals surface area (Å²) in [4.78, 5) is 29.8. The Balaban J connectivity index is 0.00000257. The highest BCUT2D eigenvalue weighted by molar-refractivity contribution is 7.99. The second-order valence-corrected chi connectivity index (χ2v) is 11.9. The van der Waals surface area contributed by atoms with Crippen LogP contribution in [0.2, 0.25) is 0 Å². The van der Waals surface area contributed by atoms with Crippen LogP contribution in [-0.2, 0) is 16.1 Å². The number of nitrogens with zero attached hydrogens (tertiary/aromatic N) is 2. The number of amides is 2. The SMILES string of the molecule is CC.CC.CC.CC.CCSCC[C@@H]1CN(c2ccccc2Oc2ccccc2OCc2ccccc2)C(=O)CN1C(=O)OC(C)(C)C. The Morgan fingerprint density at radius 2 is 1.33 bits per heavy atom. The van der Waals surface area contributed by atoms with Crippen molar-refractivity contribution in [2.24, 2.45) is 0 Å². The molecule has 0 saturated carbocycles. The molecule has 8 heteroatoms. The quantitative estimate of drug-likeness (QED) is 0.198. The summed E-state index contributed by atoms with van der Waals surface area (Å²) in [6.07, 6.45) is 0.293. The van der Waals surface area contributed by atoms with Gasteiger partial charge in [-0.25, -0.2) is 4.79 Å². The number of carbonyl (C=O) groups is 2. The second-order valence-electron chi connectivity index (χ2n) is 10.5. The van der Waals surface area contributed by atoms with Gasteiger partial charge in [0, 0.05) is 6.54 Å². The largest absolute Gasteiger partial charge is 0.485 e. The van der Waals surface area contributed by atoms with Gasteiger partial charge in [0.05, 0.1) is 11.7 Å². The topological polar surface area (TPSA) is 68.3 Å². The minimum Gasteiger partial charge on any atom is -0.485 e. The van der Waals surface area contributed by atoms with Gasteiger partial charge in [0.25, 0.3) is 0 Å². The first-order valence-electron chi connectivity index (χ1n) is 17.7. The third kappa shape index (κ3) is 15.1. The molecule has 268 valence electrons. The molecule has 1 aliphatic rings. The highest BCUT2D eigenvalue weighted by atomic mass is 32.2. The summed E-state index contributed by atoms with van der Waals surface area (Å²) in [5.74, 6) is 3.39. The highest BCUT2D eigenvalue weighted by Gasteiger charge is 2.38. The number of piperazine rings is 1. The highest BCUT2D eigenvalue weighted by Crippen LogP contribution is 2.38. The maximum absolute atomic E-state index is 13.5. The lowest BCUT2D eigenvalue weighted by molar-refractivity contribution is -0.122. The van der Waals surface area contributed by atoms with E-state index in [0.29, 0.717) is 36.1 Å². The Morgan fingerprint density at radius 1 is 0.792 bits per heavy atom. The van der Waals surface area contributed by atoms with E-state index in [1.54, 1.807) is 9.80 Å². The standard InChI is InChI=1S/C32H38N2O5S.4C2H6/c1-5-40-20-19-25-21-34(30(35)22-33(25)31(36)39-32(2,3)4)26-15-9-10-16-27(26)38-29-18-12-11-17-28(29)37-23-24-13-7-6-8-14-24;4*1-2/h6-18,25H,5,19-23H2,1-4H3;4*1-2H3/t25-;;;;/m1..../s1. The summed E-state index contributed by atoms with van der Waals surface area (Å²) in [7, 11) is 0. The molecule has 2 amide bonds. The molecule has 0 radical (unpaired) electrons. The first-order valence-corrected chi connectivity index (χ1v) is 18.8. The summed E-state index contributed by atoms with van der Waals surface area (Å²) in [6.45, 7) is 24.3. The van der Waals surface area contributed by atoms with E-state index in [-0.39, 0.29) is 18.5 Å². The lowest BCUT2D eigenvalue weighted by atomic mass is 10.1. The van der Waals surface area contributed by atoms with Crippen LogP contribution in [0.1, 0.15) is 95.1 Å². The van der Waals surface area contributed by atoms with Crippen molar-refractivity contribution in [3.05, 3.63) is 84.4 Å². The molecule has 0 spiro atoms. The average molecular weight is 683 g/mol. The van der Waals surface area contributed by atoms with Crippen molar-refractivity contribution in [2.75, 3.05) is 29.5 Å². The molecule has 0 aliphatic carbocycles. The molecule has 1 aliphatic heterocycles. The first kappa shape index (κ1) is 44.4. The van der Waals surface area contributed by atoms with Gasteiger partial charge in [-0.2, -0.15) is 11.8 Å². The first-order chi connectivity index (χ1) is 23.2. The summed E-state index contributed by atoms with van der Waals surface area (Å²) >= 11 is 1.82. The Labute approximate surface area is 296 Å². The molecule has 1 heterocycles. The number of ether oxygens (including phenoxy) is 3. The fourth-order valence-electron chi connectivity index (χ4n) is 4.42. The van der Waals surface area contributed by atoms with Gasteiger partial charge in [0.15, 0.2) is 17.2 Å². The molecule has 1 fully saturated rings. The van der Waals surface area contributed by atoms with Crippen LogP contribution in [0.15, 0.2) is 78.9 Å². The minimum absolute atomic E-state index is 0.0541. The summed E-state index contributed by atoms with van der Waals surface area (Å²) in [5.41, 5.74) is 1.07. The van der Waals surface area contributed by atoms with Gasteiger partial charge in [-0.15, -0.1) is 0 Å². The van der Waals surface area contributed by atoms with Crippen molar-refractivity contribution in [1.82, 2.24) is 4.90 Å². The second kappa shape index (κ2) is 25.4. The summed E-state index contributed by atoms with van der Waals surface area (Å²) in [5, 5.41) is 0. The van der Waals surface area contributed by atoms with Crippen molar-refractivity contribution in [2.45, 2.75) is 108 Å². The molecule has 7 nitrogen and oxygen atoms in total. The van der Waals surface area contributed by atoms with Crippen LogP contribution in [-0.4, -0.2) is 53.1 Å². The molecule has 48 heavy (non-hydrogen) atoms. The molecule has 0 bridgehead atoms. The molecule has 4 rings (SSSR count). The molecule has 0 unspecified atom stereocenters. The van der Waals surface area contributed by atoms with E-state index in [9.17, 15) is 9.59 Å². The third-order valence-electron chi connectivity index (χ3n) is 6.33. The number of anilines is 1. The Hall–Kier alpha value is -3.65. The zero-order chi connectivity index (χ0) is 36.5. The molecule has 3 aromatic rings. The Kier molecular flexibility index (Phi) is 23.4. The van der Waals surface area contributed by atoms with E-state index in [4.69, 9.17) is 14.2 Å². The zero-order valence-corrected chi connectivity index (χ0v) is 32.5. The van der Waals surface area contributed by atoms with Crippen molar-refractivity contribution in [3.8, 4) is 17.2 Å². The van der Waals surface area contributed by atoms with Gasteiger partial charge in [0.2, 0.25) is 5.91 Å². The maximum atomic E-state index is 13.5. The van der Waals surface area contributed by atoms with Crippen molar-refractivity contribution in [3.63, 3.8) is 0 Å². The number of carbonyl (C=O) groups excluding carboxylic acids is 2. The lowest BCUT2D eigenvalue weighted by Crippen LogP contribution is -2.59. The smallest absolute Gasteiger partial charge is 0.411 e. The predicted octanol–water partition coefficient (Wildman–Crippen LogP) is 11.3. The van der Waals surface area contributed by atoms with Crippen LogP contribution in [0.3, 0.4) is 0 Å². The summed E-state index contributed by atoms with van der Waals surface area (Å²) < 4.78 is 18.1. The van der Waals surface area contributed by atoms with Crippen LogP contribution < -0.4 is 14.4 Å². The number of thioether (sulfide) groups is 1. The van der Waals surface area contributed by atoms with Gasteiger partial charge in [-0.1, -0.05) is 117 Å².